The monoisotopic (exact) mass is 341 g/mol. The van der Waals surface area contributed by atoms with Crippen molar-refractivity contribution in [3.8, 4) is 0 Å². The second-order valence-electron chi connectivity index (χ2n) is 7.14. The van der Waals surface area contributed by atoms with Crippen molar-refractivity contribution in [1.29, 1.82) is 0 Å². The van der Waals surface area contributed by atoms with Crippen molar-refractivity contribution in [1.82, 2.24) is 14.7 Å². The lowest BCUT2D eigenvalue weighted by molar-refractivity contribution is -0.902. The largest absolute Gasteiger partial charge is 0.332 e. The van der Waals surface area contributed by atoms with E-state index in [2.05, 4.69) is 38.0 Å². The van der Waals surface area contributed by atoms with E-state index in [4.69, 9.17) is 0 Å². The Morgan fingerprint density at radius 2 is 1.88 bits per heavy atom. The van der Waals surface area contributed by atoms with Gasteiger partial charge in [-0.2, -0.15) is 5.10 Å². The zero-order valence-electron chi connectivity index (χ0n) is 15.5. The molecule has 1 aromatic heterocycles. The van der Waals surface area contributed by atoms with Gasteiger partial charge in [0.1, 0.15) is 0 Å². The summed E-state index contributed by atoms with van der Waals surface area (Å²) in [5.74, 6) is 0.394. The van der Waals surface area contributed by atoms with E-state index in [9.17, 15) is 4.79 Å². The van der Waals surface area contributed by atoms with Gasteiger partial charge in [-0.15, -0.1) is 0 Å². The number of likely N-dealkylation sites (N-methyl/N-ethyl adjacent to an activating group) is 1. The van der Waals surface area contributed by atoms with E-state index in [-0.39, 0.29) is 11.8 Å². The summed E-state index contributed by atoms with van der Waals surface area (Å²) in [6, 6.07) is 10.3. The molecule has 1 aliphatic rings. The number of carbonyl (C=O) groups excluding carboxylic acids is 1. The number of amides is 1. The number of benzene rings is 1. The molecule has 3 rings (SSSR count). The van der Waals surface area contributed by atoms with Gasteiger partial charge in [0, 0.05) is 0 Å². The molecule has 0 bridgehead atoms. The molecule has 0 saturated carbocycles. The zero-order chi connectivity index (χ0) is 17.8. The molecule has 1 aromatic carbocycles. The molecule has 2 aromatic rings. The van der Waals surface area contributed by atoms with Crippen molar-refractivity contribution < 1.29 is 9.69 Å². The van der Waals surface area contributed by atoms with E-state index in [1.54, 1.807) is 11.1 Å². The van der Waals surface area contributed by atoms with Gasteiger partial charge in [-0.05, 0) is 18.4 Å². The summed E-state index contributed by atoms with van der Waals surface area (Å²) in [6.07, 6.45) is 1.76. The summed E-state index contributed by atoms with van der Waals surface area (Å²) in [5.41, 5.74) is 3.01. The van der Waals surface area contributed by atoms with Gasteiger partial charge < -0.3 is 9.80 Å². The van der Waals surface area contributed by atoms with Crippen LogP contribution in [0.1, 0.15) is 48.3 Å². The molecule has 1 aliphatic heterocycles. The van der Waals surface area contributed by atoms with Gasteiger partial charge in [-0.1, -0.05) is 44.2 Å². The Balaban J connectivity index is 1.81. The van der Waals surface area contributed by atoms with E-state index in [1.165, 1.54) is 5.56 Å². The Morgan fingerprint density at radius 1 is 1.20 bits per heavy atom. The second kappa shape index (κ2) is 7.83. The number of nitrogens with zero attached hydrogens (tertiary/aromatic N) is 3. The minimum absolute atomic E-state index is 0.137. The van der Waals surface area contributed by atoms with Crippen molar-refractivity contribution in [3.63, 3.8) is 0 Å². The van der Waals surface area contributed by atoms with E-state index in [1.807, 2.05) is 27.8 Å². The predicted molar refractivity (Wildman–Crippen MR) is 99.0 cm³/mol. The number of hydrogen-bond donors (Lipinski definition) is 1. The fraction of sp³-hybridized carbons (Fsp3) is 0.500. The Labute approximate surface area is 150 Å². The van der Waals surface area contributed by atoms with Crippen LogP contribution in [-0.2, 0) is 6.54 Å². The Kier molecular flexibility index (Phi) is 5.53. The highest BCUT2D eigenvalue weighted by Crippen LogP contribution is 2.22. The number of rotatable bonds is 5. The molecule has 25 heavy (non-hydrogen) atoms. The maximum Gasteiger partial charge on any atom is 0.257 e. The zero-order valence-corrected chi connectivity index (χ0v) is 15.5. The number of hydrogen-bond acceptors (Lipinski definition) is 2. The molecule has 1 N–H and O–H groups in total. The highest BCUT2D eigenvalue weighted by Gasteiger charge is 2.28. The van der Waals surface area contributed by atoms with Crippen LogP contribution in [0.15, 0.2) is 36.5 Å². The lowest BCUT2D eigenvalue weighted by Crippen LogP contribution is -3.14. The fourth-order valence-corrected chi connectivity index (χ4v) is 3.60. The van der Waals surface area contributed by atoms with Crippen LogP contribution in [0.4, 0.5) is 0 Å². The van der Waals surface area contributed by atoms with Gasteiger partial charge in [-0.3, -0.25) is 9.48 Å². The summed E-state index contributed by atoms with van der Waals surface area (Å²) in [7, 11) is 0. The summed E-state index contributed by atoms with van der Waals surface area (Å²) < 4.78 is 1.99. The number of nitrogens with one attached hydrogen (secondary N) is 1. The molecule has 1 fully saturated rings. The van der Waals surface area contributed by atoms with Crippen molar-refractivity contribution in [2.24, 2.45) is 0 Å². The average molecular weight is 341 g/mol. The summed E-state index contributed by atoms with van der Waals surface area (Å²) in [4.78, 5) is 16.6. The number of piperazine rings is 1. The number of carbonyl (C=O) groups is 1. The quantitative estimate of drug-likeness (QED) is 0.894. The second-order valence-corrected chi connectivity index (χ2v) is 7.14. The van der Waals surface area contributed by atoms with Crippen molar-refractivity contribution in [3.05, 3.63) is 53.3 Å². The van der Waals surface area contributed by atoms with Crippen molar-refractivity contribution in [2.75, 3.05) is 32.7 Å². The fourth-order valence-electron chi connectivity index (χ4n) is 3.60. The normalized spacial score (nSPS) is 15.8. The van der Waals surface area contributed by atoms with Gasteiger partial charge in [0.15, 0.2) is 0 Å². The first-order valence-corrected chi connectivity index (χ1v) is 9.32. The highest BCUT2D eigenvalue weighted by atomic mass is 16.2. The van der Waals surface area contributed by atoms with Crippen LogP contribution < -0.4 is 4.90 Å². The molecule has 1 saturated heterocycles. The molecular formula is C20H29N4O+. The first-order chi connectivity index (χ1) is 12.1. The topological polar surface area (TPSA) is 42.6 Å². The Morgan fingerprint density at radius 3 is 2.48 bits per heavy atom. The Hall–Kier alpha value is -2.14. The first kappa shape index (κ1) is 17.7. The highest BCUT2D eigenvalue weighted by molar-refractivity contribution is 5.95. The third-order valence-electron chi connectivity index (χ3n) is 5.09. The molecular weight excluding hydrogens is 312 g/mol. The van der Waals surface area contributed by atoms with Crippen LogP contribution in [0.2, 0.25) is 0 Å². The summed E-state index contributed by atoms with van der Waals surface area (Å²) in [5, 5.41) is 4.54. The maximum atomic E-state index is 13.0. The SMILES string of the molecule is CC[NH+]1CCN(C(=O)c2cnn(Cc3ccccc3)c2C(C)C)CC1. The molecule has 5 nitrogen and oxygen atoms in total. The third-order valence-corrected chi connectivity index (χ3v) is 5.09. The lowest BCUT2D eigenvalue weighted by Gasteiger charge is -2.31. The van der Waals surface area contributed by atoms with E-state index >= 15 is 0 Å². The Bertz CT molecular complexity index is 700. The molecule has 0 unspecified atom stereocenters. The van der Waals surface area contributed by atoms with Crippen LogP contribution in [-0.4, -0.2) is 53.3 Å². The maximum absolute atomic E-state index is 13.0. The minimum Gasteiger partial charge on any atom is -0.332 e. The molecule has 0 aliphatic carbocycles. The van der Waals surface area contributed by atoms with Crippen LogP contribution in [0, 0.1) is 0 Å². The molecule has 0 radical (unpaired) electrons. The van der Waals surface area contributed by atoms with Gasteiger partial charge in [0.05, 0.1) is 56.7 Å². The minimum atomic E-state index is 0.137. The van der Waals surface area contributed by atoms with Gasteiger partial charge in [0.25, 0.3) is 5.91 Å². The molecule has 2 heterocycles. The van der Waals surface area contributed by atoms with Crippen LogP contribution in [0.5, 0.6) is 0 Å². The van der Waals surface area contributed by atoms with E-state index in [0.717, 1.165) is 44.0 Å². The van der Waals surface area contributed by atoms with E-state index in [0.29, 0.717) is 6.54 Å². The molecule has 0 atom stereocenters. The molecule has 5 heteroatoms. The summed E-state index contributed by atoms with van der Waals surface area (Å²) in [6.45, 7) is 12.1. The number of aromatic nitrogens is 2. The predicted octanol–water partition coefficient (Wildman–Crippen LogP) is 1.42. The molecule has 0 spiro atoms. The van der Waals surface area contributed by atoms with Gasteiger partial charge in [-0.25, -0.2) is 0 Å². The smallest absolute Gasteiger partial charge is 0.257 e. The van der Waals surface area contributed by atoms with Crippen LogP contribution in [0.3, 0.4) is 0 Å². The average Bonchev–Trinajstić information content (AvgIpc) is 3.06. The lowest BCUT2D eigenvalue weighted by atomic mass is 10.0. The molecule has 1 amide bonds. The third kappa shape index (κ3) is 3.93. The van der Waals surface area contributed by atoms with Crippen molar-refractivity contribution in [2.45, 2.75) is 33.2 Å². The van der Waals surface area contributed by atoms with Gasteiger partial charge >= 0.3 is 0 Å². The van der Waals surface area contributed by atoms with Crippen molar-refractivity contribution >= 4 is 5.91 Å². The van der Waals surface area contributed by atoms with Crippen LogP contribution >= 0.6 is 0 Å². The van der Waals surface area contributed by atoms with Gasteiger partial charge in [0.2, 0.25) is 0 Å². The van der Waals surface area contributed by atoms with Crippen LogP contribution in [0.25, 0.3) is 0 Å². The van der Waals surface area contributed by atoms with E-state index < -0.39 is 0 Å². The standard InChI is InChI=1S/C20H28N4O/c1-4-22-10-12-23(13-11-22)20(25)18-14-21-24(19(18)16(2)3)15-17-8-6-5-7-9-17/h5-9,14,16H,4,10-13,15H2,1-3H3/p+1. The first-order valence-electron chi connectivity index (χ1n) is 9.32. The molecule has 134 valence electrons. The summed E-state index contributed by atoms with van der Waals surface area (Å²) >= 11 is 0. The number of quaternary nitrogens is 1.